The van der Waals surface area contributed by atoms with Crippen LogP contribution in [0.15, 0.2) is 48.5 Å². The number of rotatable bonds is 9. The van der Waals surface area contributed by atoms with Gasteiger partial charge in [-0.3, -0.25) is 4.79 Å². The van der Waals surface area contributed by atoms with Crippen LogP contribution in [0.3, 0.4) is 0 Å². The summed E-state index contributed by atoms with van der Waals surface area (Å²) in [5, 5.41) is 8.98. The molecule has 0 bridgehead atoms. The number of alkyl halides is 2. The zero-order chi connectivity index (χ0) is 20.9. The normalized spacial score (nSPS) is 12.7. The number of hydrogen-bond acceptors (Lipinski definition) is 4. The number of benzene rings is 2. The summed E-state index contributed by atoms with van der Waals surface area (Å²) in [5.74, 6) is -2.66. The predicted molar refractivity (Wildman–Crippen MR) is 110 cm³/mol. The standard InChI is InChI=1S/C21H25F2N5O/c1-21(22,23)15-7-5-6-14(12-15)18(13-19(29)25-11-10-24-2)28-20-26-16-8-3-4-9-17(16)27-20/h3-9,12,18,24H,10-11,13H2,1-2H3,(H,25,29)(H2,26,27,28). The lowest BCUT2D eigenvalue weighted by Gasteiger charge is -2.20. The van der Waals surface area contributed by atoms with Gasteiger partial charge in [0.05, 0.1) is 23.5 Å². The third-order valence-corrected chi connectivity index (χ3v) is 4.58. The first-order valence-corrected chi connectivity index (χ1v) is 9.47. The molecule has 29 heavy (non-hydrogen) atoms. The van der Waals surface area contributed by atoms with Gasteiger partial charge in [0.25, 0.3) is 5.92 Å². The smallest absolute Gasteiger partial charge is 0.270 e. The number of aromatic nitrogens is 2. The number of amides is 1. The van der Waals surface area contributed by atoms with E-state index in [4.69, 9.17) is 0 Å². The minimum atomic E-state index is -2.96. The van der Waals surface area contributed by atoms with Crippen LogP contribution in [0.4, 0.5) is 14.7 Å². The van der Waals surface area contributed by atoms with E-state index in [0.29, 0.717) is 24.6 Å². The molecule has 0 radical (unpaired) electrons. The van der Waals surface area contributed by atoms with Crippen LogP contribution in [0.5, 0.6) is 0 Å². The van der Waals surface area contributed by atoms with Crippen molar-refractivity contribution >= 4 is 22.9 Å². The van der Waals surface area contributed by atoms with E-state index in [-0.39, 0.29) is 17.9 Å². The number of H-pyrrole nitrogens is 1. The van der Waals surface area contributed by atoms with Gasteiger partial charge >= 0.3 is 0 Å². The van der Waals surface area contributed by atoms with Crippen LogP contribution in [0, 0.1) is 0 Å². The fraction of sp³-hybridized carbons (Fsp3) is 0.333. The number of anilines is 1. The monoisotopic (exact) mass is 401 g/mol. The van der Waals surface area contributed by atoms with Crippen molar-refractivity contribution in [2.24, 2.45) is 0 Å². The molecule has 3 rings (SSSR count). The summed E-state index contributed by atoms with van der Waals surface area (Å²) in [4.78, 5) is 20.0. The van der Waals surface area contributed by atoms with Crippen LogP contribution < -0.4 is 16.0 Å². The molecule has 0 fully saturated rings. The second-order valence-electron chi connectivity index (χ2n) is 6.97. The molecule has 1 unspecified atom stereocenters. The van der Waals surface area contributed by atoms with E-state index in [1.54, 1.807) is 19.2 Å². The molecule has 3 aromatic rings. The zero-order valence-corrected chi connectivity index (χ0v) is 16.4. The zero-order valence-electron chi connectivity index (χ0n) is 16.4. The van der Waals surface area contributed by atoms with Crippen molar-refractivity contribution < 1.29 is 13.6 Å². The van der Waals surface area contributed by atoms with E-state index in [2.05, 4.69) is 25.9 Å². The number of carbonyl (C=O) groups excluding carboxylic acids is 1. The van der Waals surface area contributed by atoms with Crippen LogP contribution in [-0.2, 0) is 10.7 Å². The van der Waals surface area contributed by atoms with E-state index >= 15 is 0 Å². The molecule has 0 aliphatic carbocycles. The number of likely N-dealkylation sites (N-methyl/N-ethyl adjacent to an activating group) is 1. The maximum absolute atomic E-state index is 13.8. The molecule has 1 atom stereocenters. The molecule has 4 N–H and O–H groups in total. The van der Waals surface area contributed by atoms with Crippen LogP contribution in [0.1, 0.15) is 30.5 Å². The molecular weight excluding hydrogens is 376 g/mol. The van der Waals surface area contributed by atoms with Crippen LogP contribution >= 0.6 is 0 Å². The maximum atomic E-state index is 13.8. The van der Waals surface area contributed by atoms with Gasteiger partial charge in [-0.25, -0.2) is 13.8 Å². The molecular formula is C21H25F2N5O. The van der Waals surface area contributed by atoms with E-state index in [9.17, 15) is 13.6 Å². The van der Waals surface area contributed by atoms with Gasteiger partial charge in [-0.15, -0.1) is 0 Å². The number of imidazole rings is 1. The number of carbonyl (C=O) groups is 1. The third-order valence-electron chi connectivity index (χ3n) is 4.58. The third kappa shape index (κ3) is 5.51. The summed E-state index contributed by atoms with van der Waals surface area (Å²) in [7, 11) is 1.80. The van der Waals surface area contributed by atoms with Gasteiger partial charge in [-0.05, 0) is 30.8 Å². The van der Waals surface area contributed by atoms with Gasteiger partial charge in [-0.2, -0.15) is 0 Å². The Morgan fingerprint density at radius 1 is 1.17 bits per heavy atom. The second kappa shape index (κ2) is 9.00. The lowest BCUT2D eigenvalue weighted by molar-refractivity contribution is -0.121. The van der Waals surface area contributed by atoms with Crippen molar-refractivity contribution in [1.29, 1.82) is 0 Å². The Balaban J connectivity index is 1.85. The van der Waals surface area contributed by atoms with E-state index < -0.39 is 12.0 Å². The summed E-state index contributed by atoms with van der Waals surface area (Å²) >= 11 is 0. The van der Waals surface area contributed by atoms with Gasteiger partial charge < -0.3 is 20.9 Å². The van der Waals surface area contributed by atoms with Crippen molar-refractivity contribution in [2.45, 2.75) is 25.3 Å². The molecule has 8 heteroatoms. The van der Waals surface area contributed by atoms with Crippen LogP contribution in [0.25, 0.3) is 11.0 Å². The second-order valence-corrected chi connectivity index (χ2v) is 6.97. The van der Waals surface area contributed by atoms with Gasteiger partial charge in [0, 0.05) is 25.6 Å². The van der Waals surface area contributed by atoms with Crippen LogP contribution in [0.2, 0.25) is 0 Å². The minimum Gasteiger partial charge on any atom is -0.355 e. The number of aromatic amines is 1. The summed E-state index contributed by atoms with van der Waals surface area (Å²) in [6, 6.07) is 13.1. The Bertz CT molecular complexity index is 934. The molecule has 0 aliphatic rings. The maximum Gasteiger partial charge on any atom is 0.270 e. The van der Waals surface area contributed by atoms with Crippen molar-refractivity contribution in [2.75, 3.05) is 25.5 Å². The van der Waals surface area contributed by atoms with E-state index in [1.807, 2.05) is 24.3 Å². The van der Waals surface area contributed by atoms with Gasteiger partial charge in [0.1, 0.15) is 0 Å². The minimum absolute atomic E-state index is 0.0828. The van der Waals surface area contributed by atoms with Gasteiger partial charge in [0.15, 0.2) is 0 Å². The highest BCUT2D eigenvalue weighted by molar-refractivity contribution is 5.79. The van der Waals surface area contributed by atoms with Gasteiger partial charge in [-0.1, -0.05) is 30.3 Å². The largest absolute Gasteiger partial charge is 0.355 e. The predicted octanol–water partition coefficient (Wildman–Crippen LogP) is 3.55. The van der Waals surface area contributed by atoms with Crippen molar-refractivity contribution in [3.8, 4) is 0 Å². The number of hydrogen-bond donors (Lipinski definition) is 4. The number of para-hydroxylation sites is 2. The Kier molecular flexibility index (Phi) is 6.43. The average Bonchev–Trinajstić information content (AvgIpc) is 3.09. The molecule has 0 spiro atoms. The molecule has 0 saturated carbocycles. The number of fused-ring (bicyclic) bond motifs is 1. The molecule has 0 saturated heterocycles. The first-order chi connectivity index (χ1) is 13.9. The molecule has 6 nitrogen and oxygen atoms in total. The topological polar surface area (TPSA) is 81.8 Å². The SMILES string of the molecule is CNCCNC(=O)CC(Nc1nc2ccccc2[nH]1)c1cccc(C(C)(F)F)c1. The lowest BCUT2D eigenvalue weighted by atomic mass is 9.99. The number of nitrogens with one attached hydrogen (secondary N) is 4. The quantitative estimate of drug-likeness (QED) is 0.413. The summed E-state index contributed by atoms with van der Waals surface area (Å²) in [6.45, 7) is 1.99. The highest BCUT2D eigenvalue weighted by atomic mass is 19.3. The van der Waals surface area contributed by atoms with E-state index in [0.717, 1.165) is 18.0 Å². The molecule has 0 aliphatic heterocycles. The first-order valence-electron chi connectivity index (χ1n) is 9.47. The highest BCUT2D eigenvalue weighted by Crippen LogP contribution is 2.30. The Hall–Kier alpha value is -3.00. The van der Waals surface area contributed by atoms with Crippen molar-refractivity contribution in [1.82, 2.24) is 20.6 Å². The Labute approximate surface area is 168 Å². The van der Waals surface area contributed by atoms with Crippen molar-refractivity contribution in [3.63, 3.8) is 0 Å². The number of nitrogens with zero attached hydrogens (tertiary/aromatic N) is 1. The van der Waals surface area contributed by atoms with Crippen LogP contribution in [-0.4, -0.2) is 36.0 Å². The molecule has 1 heterocycles. The molecule has 1 aromatic heterocycles. The summed E-state index contributed by atoms with van der Waals surface area (Å²) < 4.78 is 27.6. The lowest BCUT2D eigenvalue weighted by Crippen LogP contribution is -2.32. The highest BCUT2D eigenvalue weighted by Gasteiger charge is 2.26. The molecule has 154 valence electrons. The van der Waals surface area contributed by atoms with Gasteiger partial charge in [0.2, 0.25) is 11.9 Å². The number of halogens is 2. The Morgan fingerprint density at radius 2 is 1.97 bits per heavy atom. The Morgan fingerprint density at radius 3 is 2.69 bits per heavy atom. The molecule has 1 amide bonds. The van der Waals surface area contributed by atoms with E-state index in [1.165, 1.54) is 12.1 Å². The summed E-state index contributed by atoms with van der Waals surface area (Å²) in [5.41, 5.74) is 2.12. The summed E-state index contributed by atoms with van der Waals surface area (Å²) in [6.07, 6.45) is 0.0828. The average molecular weight is 401 g/mol. The molecule has 2 aromatic carbocycles. The fourth-order valence-electron chi connectivity index (χ4n) is 3.05. The van der Waals surface area contributed by atoms with Crippen molar-refractivity contribution in [3.05, 3.63) is 59.7 Å². The first kappa shape index (κ1) is 20.7. The fourth-order valence-corrected chi connectivity index (χ4v) is 3.05.